The Morgan fingerprint density at radius 1 is 1.46 bits per heavy atom. The number of benzene rings is 1. The first kappa shape index (κ1) is 18.3. The Kier molecular flexibility index (Phi) is 6.19. The number of ether oxygens (including phenoxy) is 1. The third-order valence-electron chi connectivity index (χ3n) is 3.63. The molecule has 24 heavy (non-hydrogen) atoms. The van der Waals surface area contributed by atoms with Crippen molar-refractivity contribution in [1.29, 1.82) is 0 Å². The van der Waals surface area contributed by atoms with E-state index in [1.807, 2.05) is 37.3 Å². The lowest BCUT2D eigenvalue weighted by molar-refractivity contribution is -0.144. The molecule has 2 N–H and O–H groups in total. The molecule has 1 aliphatic heterocycles. The van der Waals surface area contributed by atoms with Crippen molar-refractivity contribution in [2.75, 3.05) is 6.61 Å². The van der Waals surface area contributed by atoms with Gasteiger partial charge in [-0.2, -0.15) is 5.10 Å². The zero-order valence-electron chi connectivity index (χ0n) is 13.7. The number of nitrogens with zero attached hydrogens (tertiary/aromatic N) is 2. The highest BCUT2D eigenvalue weighted by atomic mass is 127. The maximum atomic E-state index is 11.8. The number of halogens is 1. The van der Waals surface area contributed by atoms with Crippen molar-refractivity contribution in [2.24, 2.45) is 10.8 Å². The summed E-state index contributed by atoms with van der Waals surface area (Å²) in [5, 5.41) is 6.03. The van der Waals surface area contributed by atoms with Crippen molar-refractivity contribution in [1.82, 2.24) is 5.01 Å². The number of carbonyl (C=O) groups excluding carboxylic acids is 1. The predicted octanol–water partition coefficient (Wildman–Crippen LogP) is 3.74. The first-order valence-corrected chi connectivity index (χ1v) is 8.64. The summed E-state index contributed by atoms with van der Waals surface area (Å²) < 4.78 is 5.84. The topological polar surface area (TPSA) is 67.9 Å². The van der Waals surface area contributed by atoms with Crippen LogP contribution in [0.1, 0.15) is 30.9 Å². The summed E-state index contributed by atoms with van der Waals surface area (Å²) in [6.07, 6.45) is 5.19. The Hall–Kier alpha value is -2.09. The van der Waals surface area contributed by atoms with E-state index in [4.69, 9.17) is 10.5 Å². The van der Waals surface area contributed by atoms with Gasteiger partial charge in [0, 0.05) is 11.8 Å². The van der Waals surface area contributed by atoms with E-state index in [9.17, 15) is 4.79 Å². The molecular weight excluding hydrogens is 417 g/mol. The maximum absolute atomic E-state index is 11.8. The van der Waals surface area contributed by atoms with Crippen molar-refractivity contribution in [3.8, 4) is 0 Å². The normalized spacial score (nSPS) is 16.0. The number of rotatable bonds is 5. The van der Waals surface area contributed by atoms with Gasteiger partial charge in [0.1, 0.15) is 3.70 Å². The van der Waals surface area contributed by atoms with E-state index in [1.165, 1.54) is 6.20 Å². The first-order chi connectivity index (χ1) is 11.5. The van der Waals surface area contributed by atoms with Crippen LogP contribution in [0.5, 0.6) is 0 Å². The zero-order valence-corrected chi connectivity index (χ0v) is 15.9. The second kappa shape index (κ2) is 8.14. The number of nitrogens with two attached hydrogens (primary N) is 1. The summed E-state index contributed by atoms with van der Waals surface area (Å²) in [5.74, 6) is -0.495. The van der Waals surface area contributed by atoms with Crippen LogP contribution in [0.25, 0.3) is 5.57 Å². The number of hydrazone groups is 1. The first-order valence-electron chi connectivity index (χ1n) is 7.57. The lowest BCUT2D eigenvalue weighted by atomic mass is 9.97. The van der Waals surface area contributed by atoms with Gasteiger partial charge >= 0.3 is 5.97 Å². The molecule has 1 unspecified atom stereocenters. The Bertz CT molecular complexity index is 720. The SMILES string of the molecule is C=C1C=C(c2ccc(C(C)C(=O)OCC)cc2)C=NN1/C(I)=C\N. The second-order valence-electron chi connectivity index (χ2n) is 5.23. The van der Waals surface area contributed by atoms with Crippen LogP contribution in [0.4, 0.5) is 0 Å². The minimum Gasteiger partial charge on any atom is -0.466 e. The molecule has 5 nitrogen and oxygen atoms in total. The Morgan fingerprint density at radius 2 is 2.12 bits per heavy atom. The second-order valence-corrected chi connectivity index (χ2v) is 6.34. The van der Waals surface area contributed by atoms with Gasteiger partial charge in [-0.1, -0.05) is 30.8 Å². The van der Waals surface area contributed by atoms with E-state index in [0.717, 1.165) is 26.1 Å². The molecule has 2 rings (SSSR count). The lowest BCUT2D eigenvalue weighted by Gasteiger charge is -2.22. The monoisotopic (exact) mass is 437 g/mol. The molecule has 1 atom stereocenters. The number of carbonyl (C=O) groups is 1. The number of esters is 1. The Balaban J connectivity index is 2.16. The third-order valence-corrected chi connectivity index (χ3v) is 4.45. The summed E-state index contributed by atoms with van der Waals surface area (Å²) in [4.78, 5) is 11.8. The van der Waals surface area contributed by atoms with Crippen LogP contribution in [0.2, 0.25) is 0 Å². The quantitative estimate of drug-likeness (QED) is 0.433. The van der Waals surface area contributed by atoms with E-state index < -0.39 is 0 Å². The van der Waals surface area contributed by atoms with E-state index in [-0.39, 0.29) is 11.9 Å². The van der Waals surface area contributed by atoms with E-state index in [2.05, 4.69) is 34.3 Å². The average molecular weight is 437 g/mol. The summed E-state index contributed by atoms with van der Waals surface area (Å²) in [6.45, 7) is 8.04. The van der Waals surface area contributed by atoms with Crippen LogP contribution < -0.4 is 5.73 Å². The maximum Gasteiger partial charge on any atom is 0.313 e. The van der Waals surface area contributed by atoms with Gasteiger partial charge in [-0.05, 0) is 53.6 Å². The summed E-state index contributed by atoms with van der Waals surface area (Å²) >= 11 is 2.10. The summed E-state index contributed by atoms with van der Waals surface area (Å²) in [6, 6.07) is 7.81. The van der Waals surface area contributed by atoms with Gasteiger partial charge in [0.15, 0.2) is 0 Å². The van der Waals surface area contributed by atoms with E-state index in [1.54, 1.807) is 18.1 Å². The van der Waals surface area contributed by atoms with Crippen molar-refractivity contribution < 1.29 is 9.53 Å². The molecule has 1 aromatic rings. The van der Waals surface area contributed by atoms with Gasteiger partial charge in [-0.15, -0.1) is 0 Å². The fourth-order valence-electron chi connectivity index (χ4n) is 2.26. The molecule has 6 heteroatoms. The molecule has 0 aliphatic carbocycles. The molecular formula is C18H20IN3O2. The van der Waals surface area contributed by atoms with Gasteiger partial charge in [0.05, 0.1) is 24.4 Å². The average Bonchev–Trinajstić information content (AvgIpc) is 2.60. The number of hydrogen-bond donors (Lipinski definition) is 1. The highest BCUT2D eigenvalue weighted by molar-refractivity contribution is 14.1. The summed E-state index contributed by atoms with van der Waals surface area (Å²) in [7, 11) is 0. The molecule has 1 aliphatic rings. The van der Waals surface area contributed by atoms with Gasteiger partial charge < -0.3 is 10.5 Å². The van der Waals surface area contributed by atoms with E-state index in [0.29, 0.717) is 6.61 Å². The van der Waals surface area contributed by atoms with Crippen LogP contribution in [0, 0.1) is 0 Å². The van der Waals surface area contributed by atoms with Crippen molar-refractivity contribution in [3.63, 3.8) is 0 Å². The highest BCUT2D eigenvalue weighted by Gasteiger charge is 2.17. The Labute approximate surface area is 155 Å². The zero-order chi connectivity index (χ0) is 17.7. The molecule has 0 bridgehead atoms. The van der Waals surface area contributed by atoms with Crippen LogP contribution in [0.3, 0.4) is 0 Å². The molecule has 0 saturated carbocycles. The van der Waals surface area contributed by atoms with Crippen molar-refractivity contribution in [3.05, 3.63) is 63.6 Å². The van der Waals surface area contributed by atoms with E-state index >= 15 is 0 Å². The molecule has 0 saturated heterocycles. The minimum atomic E-state index is -0.283. The molecule has 0 radical (unpaired) electrons. The largest absolute Gasteiger partial charge is 0.466 e. The third kappa shape index (κ3) is 4.05. The van der Waals surface area contributed by atoms with Gasteiger partial charge in [-0.25, -0.2) is 5.01 Å². The number of allylic oxidation sites excluding steroid dienone is 2. The predicted molar refractivity (Wildman–Crippen MR) is 105 cm³/mol. The highest BCUT2D eigenvalue weighted by Crippen LogP contribution is 2.27. The fourth-order valence-corrected chi connectivity index (χ4v) is 2.69. The smallest absolute Gasteiger partial charge is 0.313 e. The van der Waals surface area contributed by atoms with Gasteiger partial charge in [0.25, 0.3) is 0 Å². The van der Waals surface area contributed by atoms with Gasteiger partial charge in [-0.3, -0.25) is 4.79 Å². The standard InChI is InChI=1S/C18H20IN3O2/c1-4-24-18(23)13(3)14-5-7-15(8-6-14)16-9-12(2)22(21-11-16)17(19)10-20/h5-11,13H,2,4,20H2,1,3H3/b17-10-. The molecule has 1 heterocycles. The van der Waals surface area contributed by atoms with Crippen LogP contribution in [-0.4, -0.2) is 23.8 Å². The van der Waals surface area contributed by atoms with Crippen molar-refractivity contribution in [2.45, 2.75) is 19.8 Å². The van der Waals surface area contributed by atoms with Gasteiger partial charge in [0.2, 0.25) is 0 Å². The van der Waals surface area contributed by atoms with Crippen LogP contribution in [0.15, 0.2) is 57.6 Å². The lowest BCUT2D eigenvalue weighted by Crippen LogP contribution is -2.16. The van der Waals surface area contributed by atoms with Crippen LogP contribution >= 0.6 is 22.6 Å². The van der Waals surface area contributed by atoms with Crippen LogP contribution in [-0.2, 0) is 9.53 Å². The molecule has 0 amide bonds. The molecule has 126 valence electrons. The molecule has 0 aromatic heterocycles. The number of hydrogen-bond acceptors (Lipinski definition) is 5. The fraction of sp³-hybridized carbons (Fsp3) is 0.222. The minimum absolute atomic E-state index is 0.212. The molecule has 1 aromatic carbocycles. The summed E-state index contributed by atoms with van der Waals surface area (Å²) in [5.41, 5.74) is 9.14. The molecule has 0 fully saturated rings. The molecule has 0 spiro atoms. The van der Waals surface area contributed by atoms with Crippen molar-refractivity contribution >= 4 is 40.3 Å². The Morgan fingerprint density at radius 3 is 2.67 bits per heavy atom.